The van der Waals surface area contributed by atoms with Gasteiger partial charge in [-0.3, -0.25) is 19.4 Å². The highest BCUT2D eigenvalue weighted by Crippen LogP contribution is 2.14. The van der Waals surface area contributed by atoms with E-state index >= 15 is 0 Å². The number of hydrogen-bond acceptors (Lipinski definition) is 5. The third-order valence-corrected chi connectivity index (χ3v) is 5.70. The van der Waals surface area contributed by atoms with Gasteiger partial charge in [-0.25, -0.2) is 0 Å². The van der Waals surface area contributed by atoms with E-state index in [4.69, 9.17) is 0 Å². The van der Waals surface area contributed by atoms with Crippen molar-refractivity contribution in [1.82, 2.24) is 14.7 Å². The SMILES string of the molecule is Cc1ccc(NC(=O)CN(C)CC(=O)N2CCN(Cc3cccs3)CC2)cc1. The Balaban J connectivity index is 1.38. The smallest absolute Gasteiger partial charge is 0.238 e. The molecule has 3 rings (SSSR count). The monoisotopic (exact) mass is 400 g/mol. The van der Waals surface area contributed by atoms with E-state index in [1.165, 1.54) is 4.88 Å². The standard InChI is InChI=1S/C21H28N4O2S/c1-17-5-7-18(8-6-17)22-20(26)15-23(2)16-21(27)25-11-9-24(10-12-25)14-19-4-3-13-28-19/h3-8,13H,9-12,14-16H2,1-2H3,(H,22,26). The van der Waals surface area contributed by atoms with Crippen LogP contribution in [0.25, 0.3) is 0 Å². The predicted molar refractivity (Wildman–Crippen MR) is 113 cm³/mol. The highest BCUT2D eigenvalue weighted by molar-refractivity contribution is 7.09. The van der Waals surface area contributed by atoms with E-state index in [1.807, 2.05) is 36.1 Å². The Morgan fingerprint density at radius 2 is 1.79 bits per heavy atom. The molecule has 6 nitrogen and oxygen atoms in total. The summed E-state index contributed by atoms with van der Waals surface area (Å²) in [6.45, 7) is 6.68. The predicted octanol–water partition coefficient (Wildman–Crippen LogP) is 2.27. The van der Waals surface area contributed by atoms with Crippen LogP contribution in [-0.4, -0.2) is 72.8 Å². The molecule has 0 bridgehead atoms. The topological polar surface area (TPSA) is 55.9 Å². The maximum Gasteiger partial charge on any atom is 0.238 e. The highest BCUT2D eigenvalue weighted by atomic mass is 32.1. The van der Waals surface area contributed by atoms with Gasteiger partial charge in [-0.15, -0.1) is 11.3 Å². The molecule has 2 heterocycles. The van der Waals surface area contributed by atoms with Crippen LogP contribution in [0.4, 0.5) is 5.69 Å². The minimum absolute atomic E-state index is 0.0846. The normalized spacial score (nSPS) is 15.0. The van der Waals surface area contributed by atoms with Gasteiger partial charge in [-0.2, -0.15) is 0 Å². The maximum absolute atomic E-state index is 12.5. The molecular weight excluding hydrogens is 372 g/mol. The molecular formula is C21H28N4O2S. The zero-order valence-corrected chi connectivity index (χ0v) is 17.4. The Hall–Kier alpha value is -2.22. The lowest BCUT2D eigenvalue weighted by atomic mass is 10.2. The summed E-state index contributed by atoms with van der Waals surface area (Å²) in [4.78, 5) is 32.1. The minimum Gasteiger partial charge on any atom is -0.339 e. The average Bonchev–Trinajstić information content (AvgIpc) is 3.17. The van der Waals surface area contributed by atoms with Crippen LogP contribution in [0.15, 0.2) is 41.8 Å². The first-order chi connectivity index (χ1) is 13.5. The lowest BCUT2D eigenvalue weighted by molar-refractivity contribution is -0.134. The van der Waals surface area contributed by atoms with E-state index < -0.39 is 0 Å². The first-order valence-corrected chi connectivity index (χ1v) is 10.4. The molecule has 150 valence electrons. The quantitative estimate of drug-likeness (QED) is 0.775. The third-order valence-electron chi connectivity index (χ3n) is 4.84. The number of nitrogens with one attached hydrogen (secondary N) is 1. The summed E-state index contributed by atoms with van der Waals surface area (Å²) < 4.78 is 0. The van der Waals surface area contributed by atoms with Crippen LogP contribution in [0.2, 0.25) is 0 Å². The van der Waals surface area contributed by atoms with Crippen LogP contribution < -0.4 is 5.32 Å². The van der Waals surface area contributed by atoms with Gasteiger partial charge in [0.2, 0.25) is 11.8 Å². The van der Waals surface area contributed by atoms with Crippen molar-refractivity contribution in [1.29, 1.82) is 0 Å². The zero-order chi connectivity index (χ0) is 19.9. The number of aryl methyl sites for hydroxylation is 1. The van der Waals surface area contributed by atoms with Crippen LogP contribution in [0, 0.1) is 6.92 Å². The fourth-order valence-electron chi connectivity index (χ4n) is 3.25. The van der Waals surface area contributed by atoms with Crippen molar-refractivity contribution in [3.63, 3.8) is 0 Å². The average molecular weight is 401 g/mol. The van der Waals surface area contributed by atoms with Gasteiger partial charge in [0.1, 0.15) is 0 Å². The van der Waals surface area contributed by atoms with Crippen LogP contribution >= 0.6 is 11.3 Å². The van der Waals surface area contributed by atoms with E-state index in [9.17, 15) is 9.59 Å². The van der Waals surface area contributed by atoms with Gasteiger partial charge >= 0.3 is 0 Å². The number of carbonyl (C=O) groups is 2. The van der Waals surface area contributed by atoms with E-state index in [0.29, 0.717) is 0 Å². The first-order valence-electron chi connectivity index (χ1n) is 9.57. The maximum atomic E-state index is 12.5. The van der Waals surface area contributed by atoms with Crippen molar-refractivity contribution in [2.75, 3.05) is 51.6 Å². The number of carbonyl (C=O) groups excluding carboxylic acids is 2. The summed E-state index contributed by atoms with van der Waals surface area (Å²) in [5.74, 6) is -0.0265. The molecule has 28 heavy (non-hydrogen) atoms. The molecule has 1 aliphatic rings. The van der Waals surface area contributed by atoms with Gasteiger partial charge in [0.15, 0.2) is 0 Å². The molecule has 0 atom stereocenters. The number of amides is 2. The number of likely N-dealkylation sites (N-methyl/N-ethyl adjacent to an activating group) is 1. The van der Waals surface area contributed by atoms with Gasteiger partial charge in [0.25, 0.3) is 0 Å². The second-order valence-electron chi connectivity index (χ2n) is 7.32. The summed E-state index contributed by atoms with van der Waals surface area (Å²) in [6.07, 6.45) is 0. The van der Waals surface area contributed by atoms with Crippen molar-refractivity contribution in [3.8, 4) is 0 Å². The summed E-state index contributed by atoms with van der Waals surface area (Å²) in [7, 11) is 1.81. The third kappa shape index (κ3) is 6.15. The van der Waals surface area contributed by atoms with Gasteiger partial charge in [-0.1, -0.05) is 23.8 Å². The number of anilines is 1. The van der Waals surface area contributed by atoms with Crippen molar-refractivity contribution in [2.24, 2.45) is 0 Å². The molecule has 0 spiro atoms. The molecule has 7 heteroatoms. The number of rotatable bonds is 7. The fraction of sp³-hybridized carbons (Fsp3) is 0.429. The summed E-state index contributed by atoms with van der Waals surface area (Å²) in [6, 6.07) is 11.9. The molecule has 0 unspecified atom stereocenters. The molecule has 0 aliphatic carbocycles. The molecule has 1 fully saturated rings. The molecule has 1 aromatic carbocycles. The first kappa shape index (κ1) is 20.5. The number of nitrogens with zero attached hydrogens (tertiary/aromatic N) is 3. The van der Waals surface area contributed by atoms with Gasteiger partial charge in [-0.05, 0) is 37.6 Å². The minimum atomic E-state index is -0.111. The molecule has 1 aliphatic heterocycles. The molecule has 2 aromatic rings. The molecule has 2 amide bonds. The number of benzene rings is 1. The van der Waals surface area contributed by atoms with E-state index in [-0.39, 0.29) is 24.9 Å². The lowest BCUT2D eigenvalue weighted by Gasteiger charge is -2.35. The van der Waals surface area contributed by atoms with E-state index in [2.05, 4.69) is 27.7 Å². The van der Waals surface area contributed by atoms with Crippen LogP contribution in [-0.2, 0) is 16.1 Å². The van der Waals surface area contributed by atoms with E-state index in [0.717, 1.165) is 44.0 Å². The van der Waals surface area contributed by atoms with Crippen molar-refractivity contribution >= 4 is 28.8 Å². The zero-order valence-electron chi connectivity index (χ0n) is 16.6. The van der Waals surface area contributed by atoms with Crippen LogP contribution in [0.3, 0.4) is 0 Å². The second-order valence-corrected chi connectivity index (χ2v) is 8.36. The fourth-order valence-corrected chi connectivity index (χ4v) is 3.99. The van der Waals surface area contributed by atoms with Crippen molar-refractivity contribution < 1.29 is 9.59 Å². The Morgan fingerprint density at radius 1 is 1.07 bits per heavy atom. The summed E-state index contributed by atoms with van der Waals surface area (Å²) >= 11 is 1.77. The van der Waals surface area contributed by atoms with Crippen molar-refractivity contribution in [3.05, 3.63) is 52.2 Å². The molecule has 1 N–H and O–H groups in total. The summed E-state index contributed by atoms with van der Waals surface area (Å²) in [5, 5.41) is 4.97. The molecule has 0 saturated carbocycles. The Labute approximate surface area is 170 Å². The summed E-state index contributed by atoms with van der Waals surface area (Å²) in [5.41, 5.74) is 1.92. The molecule has 1 aromatic heterocycles. The Morgan fingerprint density at radius 3 is 2.43 bits per heavy atom. The van der Waals surface area contributed by atoms with Crippen LogP contribution in [0.5, 0.6) is 0 Å². The van der Waals surface area contributed by atoms with Gasteiger partial charge in [0.05, 0.1) is 13.1 Å². The van der Waals surface area contributed by atoms with E-state index in [1.54, 1.807) is 23.3 Å². The van der Waals surface area contributed by atoms with Gasteiger partial charge in [0, 0.05) is 43.3 Å². The number of piperazine rings is 1. The lowest BCUT2D eigenvalue weighted by Crippen LogP contribution is -2.50. The van der Waals surface area contributed by atoms with Gasteiger partial charge < -0.3 is 10.2 Å². The highest BCUT2D eigenvalue weighted by Gasteiger charge is 2.22. The number of thiophene rings is 1. The van der Waals surface area contributed by atoms with Crippen molar-refractivity contribution in [2.45, 2.75) is 13.5 Å². The molecule has 0 radical (unpaired) electrons. The van der Waals surface area contributed by atoms with Crippen LogP contribution in [0.1, 0.15) is 10.4 Å². The largest absolute Gasteiger partial charge is 0.339 e. The Bertz CT molecular complexity index is 768. The second kappa shape index (κ2) is 9.82. The number of hydrogen-bond donors (Lipinski definition) is 1. The Kier molecular flexibility index (Phi) is 7.19. The molecule has 1 saturated heterocycles.